The van der Waals surface area contributed by atoms with Crippen molar-refractivity contribution in [3.63, 3.8) is 0 Å². The molecule has 1 amide bonds. The molecule has 0 unspecified atom stereocenters. The molecule has 0 aliphatic heterocycles. The monoisotopic (exact) mass is 328 g/mol. The van der Waals surface area contributed by atoms with Gasteiger partial charge in [-0.3, -0.25) is 4.79 Å². The summed E-state index contributed by atoms with van der Waals surface area (Å²) in [5.41, 5.74) is 3.56. The van der Waals surface area contributed by atoms with Gasteiger partial charge in [-0.15, -0.1) is 0 Å². The first kappa shape index (κ1) is 16.6. The standard InChI is InChI=1S/C19H24N2O3/c1-4-5-6-11-21(2)19(22)17-15-10-8-13-7-9-14(23-3)12-16(13)18(15)24-20-17/h7,9,12H,4-6,8,10-11H2,1-3H3. The first-order chi connectivity index (χ1) is 11.7. The molecule has 0 atom stereocenters. The highest BCUT2D eigenvalue weighted by molar-refractivity contribution is 5.95. The summed E-state index contributed by atoms with van der Waals surface area (Å²) in [7, 11) is 3.48. The first-order valence-corrected chi connectivity index (χ1v) is 8.57. The summed E-state index contributed by atoms with van der Waals surface area (Å²) in [5.74, 6) is 1.44. The van der Waals surface area contributed by atoms with Gasteiger partial charge in [0.05, 0.1) is 7.11 Å². The van der Waals surface area contributed by atoms with E-state index in [1.807, 2.05) is 19.2 Å². The smallest absolute Gasteiger partial charge is 0.276 e. The molecule has 0 saturated carbocycles. The molecule has 1 aromatic heterocycles. The lowest BCUT2D eigenvalue weighted by molar-refractivity contribution is 0.0781. The summed E-state index contributed by atoms with van der Waals surface area (Å²) in [5, 5.41) is 4.09. The number of carbonyl (C=O) groups excluding carboxylic acids is 1. The topological polar surface area (TPSA) is 55.6 Å². The molecule has 2 aromatic rings. The van der Waals surface area contributed by atoms with Crippen LogP contribution in [0.25, 0.3) is 11.3 Å². The molecule has 0 spiro atoms. The Morgan fingerprint density at radius 1 is 1.33 bits per heavy atom. The van der Waals surface area contributed by atoms with E-state index in [0.717, 1.165) is 55.5 Å². The number of carbonyl (C=O) groups is 1. The number of amides is 1. The van der Waals surface area contributed by atoms with Crippen molar-refractivity contribution in [3.05, 3.63) is 35.0 Å². The van der Waals surface area contributed by atoms with E-state index in [1.54, 1.807) is 12.0 Å². The molecule has 1 aliphatic carbocycles. The molecule has 1 aliphatic rings. The van der Waals surface area contributed by atoms with Gasteiger partial charge in [0.15, 0.2) is 11.5 Å². The van der Waals surface area contributed by atoms with Gasteiger partial charge in [0.25, 0.3) is 5.91 Å². The van der Waals surface area contributed by atoms with Gasteiger partial charge in [-0.05, 0) is 37.0 Å². The molecule has 0 fully saturated rings. The second-order valence-electron chi connectivity index (χ2n) is 6.30. The summed E-state index contributed by atoms with van der Waals surface area (Å²) in [6.07, 6.45) is 4.94. The maximum atomic E-state index is 12.7. The Kier molecular flexibility index (Phi) is 4.88. The summed E-state index contributed by atoms with van der Waals surface area (Å²) in [4.78, 5) is 14.4. The van der Waals surface area contributed by atoms with Crippen LogP contribution in [-0.2, 0) is 12.8 Å². The highest BCUT2D eigenvalue weighted by Crippen LogP contribution is 2.37. The van der Waals surface area contributed by atoms with Crippen LogP contribution in [0.4, 0.5) is 0 Å². The molecule has 1 heterocycles. The minimum absolute atomic E-state index is 0.0533. The number of aryl methyl sites for hydroxylation is 1. The first-order valence-electron chi connectivity index (χ1n) is 8.57. The second kappa shape index (κ2) is 7.07. The van der Waals surface area contributed by atoms with Gasteiger partial charge in [0.2, 0.25) is 0 Å². The average molecular weight is 328 g/mol. The SMILES string of the molecule is CCCCCN(C)C(=O)c1noc2c1CCc1ccc(OC)cc1-2. The van der Waals surface area contributed by atoms with Crippen molar-refractivity contribution in [3.8, 4) is 17.1 Å². The van der Waals surface area contributed by atoms with Crippen molar-refractivity contribution in [1.82, 2.24) is 10.1 Å². The van der Waals surface area contributed by atoms with Crippen molar-refractivity contribution in [2.45, 2.75) is 39.0 Å². The molecule has 0 bridgehead atoms. The van der Waals surface area contributed by atoms with E-state index in [4.69, 9.17) is 9.26 Å². The molecule has 24 heavy (non-hydrogen) atoms. The zero-order valence-corrected chi connectivity index (χ0v) is 14.6. The molecular weight excluding hydrogens is 304 g/mol. The van der Waals surface area contributed by atoms with E-state index >= 15 is 0 Å². The average Bonchev–Trinajstić information content (AvgIpc) is 3.05. The third-order valence-electron chi connectivity index (χ3n) is 4.64. The number of fused-ring (bicyclic) bond motifs is 3. The minimum atomic E-state index is -0.0533. The molecule has 0 radical (unpaired) electrons. The Labute approximate surface area is 142 Å². The predicted molar refractivity (Wildman–Crippen MR) is 92.4 cm³/mol. The molecule has 5 heteroatoms. The fourth-order valence-electron chi connectivity index (χ4n) is 3.17. The van der Waals surface area contributed by atoms with E-state index in [2.05, 4.69) is 18.1 Å². The Bertz CT molecular complexity index is 736. The highest BCUT2D eigenvalue weighted by Gasteiger charge is 2.29. The lowest BCUT2D eigenvalue weighted by Gasteiger charge is -2.18. The van der Waals surface area contributed by atoms with Crippen LogP contribution in [-0.4, -0.2) is 36.7 Å². The summed E-state index contributed by atoms with van der Waals surface area (Å²) in [6, 6.07) is 5.96. The number of ether oxygens (including phenoxy) is 1. The maximum Gasteiger partial charge on any atom is 0.276 e. The van der Waals surface area contributed by atoms with Crippen LogP contribution in [0.3, 0.4) is 0 Å². The predicted octanol–water partition coefficient (Wildman–Crippen LogP) is 3.71. The van der Waals surface area contributed by atoms with Crippen LogP contribution in [0.5, 0.6) is 5.75 Å². The van der Waals surface area contributed by atoms with E-state index in [9.17, 15) is 4.79 Å². The van der Waals surface area contributed by atoms with Crippen molar-refractivity contribution in [2.24, 2.45) is 0 Å². The van der Waals surface area contributed by atoms with Crippen LogP contribution in [0.2, 0.25) is 0 Å². The van der Waals surface area contributed by atoms with Gasteiger partial charge < -0.3 is 14.2 Å². The number of nitrogens with zero attached hydrogens (tertiary/aromatic N) is 2. The number of benzene rings is 1. The van der Waals surface area contributed by atoms with Crippen LogP contribution in [0.1, 0.15) is 47.8 Å². The summed E-state index contributed by atoms with van der Waals surface area (Å²) in [6.45, 7) is 2.90. The summed E-state index contributed by atoms with van der Waals surface area (Å²) < 4.78 is 10.9. The number of aromatic nitrogens is 1. The Balaban J connectivity index is 1.87. The maximum absolute atomic E-state index is 12.7. The number of hydrogen-bond acceptors (Lipinski definition) is 4. The van der Waals surface area contributed by atoms with Crippen LogP contribution < -0.4 is 4.74 Å². The molecule has 1 aromatic carbocycles. The molecule has 0 saturated heterocycles. The molecule has 5 nitrogen and oxygen atoms in total. The van der Waals surface area contributed by atoms with Gasteiger partial charge >= 0.3 is 0 Å². The number of rotatable bonds is 6. The van der Waals surface area contributed by atoms with E-state index < -0.39 is 0 Å². The zero-order chi connectivity index (χ0) is 17.1. The zero-order valence-electron chi connectivity index (χ0n) is 14.6. The quantitative estimate of drug-likeness (QED) is 0.759. The lowest BCUT2D eigenvalue weighted by Crippen LogP contribution is -2.29. The number of methoxy groups -OCH3 is 1. The Hall–Kier alpha value is -2.30. The molecular formula is C19H24N2O3. The largest absolute Gasteiger partial charge is 0.497 e. The van der Waals surface area contributed by atoms with Crippen molar-refractivity contribution < 1.29 is 14.1 Å². The molecule has 128 valence electrons. The fraction of sp³-hybridized carbons (Fsp3) is 0.474. The normalized spacial score (nSPS) is 12.5. The number of unbranched alkanes of at least 4 members (excludes halogenated alkanes) is 2. The molecule has 3 rings (SSSR count). The van der Waals surface area contributed by atoms with Gasteiger partial charge in [0, 0.05) is 24.7 Å². The third kappa shape index (κ3) is 3.03. The van der Waals surface area contributed by atoms with Crippen LogP contribution in [0.15, 0.2) is 22.7 Å². The third-order valence-corrected chi connectivity index (χ3v) is 4.64. The van der Waals surface area contributed by atoms with Crippen LogP contribution >= 0.6 is 0 Å². The lowest BCUT2D eigenvalue weighted by atomic mass is 9.89. The Morgan fingerprint density at radius 3 is 2.92 bits per heavy atom. The number of hydrogen-bond donors (Lipinski definition) is 0. The second-order valence-corrected chi connectivity index (χ2v) is 6.30. The van der Waals surface area contributed by atoms with E-state index in [0.29, 0.717) is 11.5 Å². The highest BCUT2D eigenvalue weighted by atomic mass is 16.5. The van der Waals surface area contributed by atoms with Crippen molar-refractivity contribution in [2.75, 3.05) is 20.7 Å². The van der Waals surface area contributed by atoms with Gasteiger partial charge in [-0.1, -0.05) is 31.0 Å². The van der Waals surface area contributed by atoms with Gasteiger partial charge in [0.1, 0.15) is 5.75 Å². The van der Waals surface area contributed by atoms with Crippen molar-refractivity contribution >= 4 is 5.91 Å². The summed E-state index contributed by atoms with van der Waals surface area (Å²) >= 11 is 0. The minimum Gasteiger partial charge on any atom is -0.497 e. The van der Waals surface area contributed by atoms with E-state index in [-0.39, 0.29) is 5.91 Å². The van der Waals surface area contributed by atoms with Gasteiger partial charge in [-0.25, -0.2) is 0 Å². The van der Waals surface area contributed by atoms with Crippen LogP contribution in [0, 0.1) is 0 Å². The van der Waals surface area contributed by atoms with Crippen molar-refractivity contribution in [1.29, 1.82) is 0 Å². The molecule has 0 N–H and O–H groups in total. The van der Waals surface area contributed by atoms with E-state index in [1.165, 1.54) is 5.56 Å². The Morgan fingerprint density at radius 2 is 2.17 bits per heavy atom. The van der Waals surface area contributed by atoms with Gasteiger partial charge in [-0.2, -0.15) is 0 Å². The fourth-order valence-corrected chi connectivity index (χ4v) is 3.17.